The maximum absolute atomic E-state index is 10.3. The summed E-state index contributed by atoms with van der Waals surface area (Å²) in [7, 11) is 0. The summed E-state index contributed by atoms with van der Waals surface area (Å²) in [6.07, 6.45) is 0.233. The van der Waals surface area contributed by atoms with Crippen molar-refractivity contribution in [2.75, 3.05) is 18.1 Å². The van der Waals surface area contributed by atoms with E-state index in [9.17, 15) is 4.79 Å². The van der Waals surface area contributed by atoms with E-state index in [2.05, 4.69) is 13.8 Å². The summed E-state index contributed by atoms with van der Waals surface area (Å²) >= 11 is 3.45. The van der Waals surface area contributed by atoms with Crippen LogP contribution in [0.25, 0.3) is 0 Å². The van der Waals surface area contributed by atoms with Gasteiger partial charge in [-0.25, -0.2) is 0 Å². The van der Waals surface area contributed by atoms with Gasteiger partial charge in [-0.2, -0.15) is 0 Å². The minimum absolute atomic E-state index is 0.0782. The monoisotopic (exact) mass is 223 g/mol. The lowest BCUT2D eigenvalue weighted by Gasteiger charge is -2.22. The fourth-order valence-corrected chi connectivity index (χ4v) is 2.94. The van der Waals surface area contributed by atoms with Gasteiger partial charge < -0.3 is 10.8 Å². The average Bonchev–Trinajstić information content (AvgIpc) is 2.00. The zero-order chi connectivity index (χ0) is 10.3. The molecule has 5 heteroatoms. The third kappa shape index (κ3) is 8.46. The standard InChI is InChI=1S/C8H17NO2S2/c1-8(2,13-6-4-9)12-5-3-7(10)11/h3-6,9H2,1-2H3,(H,10,11). The van der Waals surface area contributed by atoms with Gasteiger partial charge in [-0.15, -0.1) is 23.5 Å². The third-order valence-electron chi connectivity index (χ3n) is 1.33. The Hall–Kier alpha value is 0.130. The summed E-state index contributed by atoms with van der Waals surface area (Å²) in [5.41, 5.74) is 5.39. The van der Waals surface area contributed by atoms with Crippen LogP contribution >= 0.6 is 23.5 Å². The highest BCUT2D eigenvalue weighted by molar-refractivity contribution is 8.18. The molecular formula is C8H17NO2S2. The van der Waals surface area contributed by atoms with Crippen LogP contribution in [0.1, 0.15) is 20.3 Å². The highest BCUT2D eigenvalue weighted by Crippen LogP contribution is 2.36. The van der Waals surface area contributed by atoms with Crippen molar-refractivity contribution < 1.29 is 9.90 Å². The second kappa shape index (κ2) is 6.56. The Kier molecular flexibility index (Phi) is 6.63. The van der Waals surface area contributed by atoms with Crippen LogP contribution in [0.3, 0.4) is 0 Å². The molecule has 3 nitrogen and oxygen atoms in total. The molecule has 78 valence electrons. The van der Waals surface area contributed by atoms with E-state index in [1.165, 1.54) is 0 Å². The first-order valence-corrected chi connectivity index (χ1v) is 6.15. The maximum Gasteiger partial charge on any atom is 0.304 e. The van der Waals surface area contributed by atoms with Gasteiger partial charge in [0.15, 0.2) is 0 Å². The predicted molar refractivity (Wildman–Crippen MR) is 60.3 cm³/mol. The van der Waals surface area contributed by atoms with Crippen molar-refractivity contribution >= 4 is 29.5 Å². The van der Waals surface area contributed by atoms with E-state index in [0.717, 1.165) is 5.75 Å². The molecule has 0 aromatic carbocycles. The first-order chi connectivity index (χ1) is 5.98. The van der Waals surface area contributed by atoms with Gasteiger partial charge in [0, 0.05) is 18.1 Å². The van der Waals surface area contributed by atoms with Crippen LogP contribution in [-0.4, -0.2) is 33.2 Å². The van der Waals surface area contributed by atoms with Gasteiger partial charge in [0.2, 0.25) is 0 Å². The molecule has 0 amide bonds. The van der Waals surface area contributed by atoms with Crippen molar-refractivity contribution in [2.24, 2.45) is 5.73 Å². The Morgan fingerprint density at radius 2 is 1.92 bits per heavy atom. The molecule has 0 rings (SSSR count). The Bertz CT molecular complexity index is 162. The lowest BCUT2D eigenvalue weighted by atomic mass is 10.5. The third-order valence-corrected chi connectivity index (χ3v) is 4.28. The van der Waals surface area contributed by atoms with Crippen molar-refractivity contribution in [1.29, 1.82) is 0 Å². The SMILES string of the molecule is CC(C)(SCCN)SCCC(=O)O. The van der Waals surface area contributed by atoms with Crippen LogP contribution in [0.5, 0.6) is 0 Å². The van der Waals surface area contributed by atoms with Gasteiger partial charge in [0.25, 0.3) is 0 Å². The van der Waals surface area contributed by atoms with Crippen molar-refractivity contribution in [1.82, 2.24) is 0 Å². The van der Waals surface area contributed by atoms with Crippen molar-refractivity contribution in [2.45, 2.75) is 24.3 Å². The molecule has 0 aromatic heterocycles. The summed E-state index contributed by atoms with van der Waals surface area (Å²) in [4.78, 5) is 10.3. The summed E-state index contributed by atoms with van der Waals surface area (Å²) in [6, 6.07) is 0. The Morgan fingerprint density at radius 3 is 2.38 bits per heavy atom. The number of hydrogen-bond donors (Lipinski definition) is 2. The number of carbonyl (C=O) groups is 1. The predicted octanol–water partition coefficient (Wildman–Crippen LogP) is 1.62. The normalized spacial score (nSPS) is 11.6. The molecule has 0 spiro atoms. The Labute approximate surface area is 87.8 Å². The van der Waals surface area contributed by atoms with E-state index in [1.54, 1.807) is 23.5 Å². The van der Waals surface area contributed by atoms with Crippen LogP contribution in [0, 0.1) is 0 Å². The molecule has 3 N–H and O–H groups in total. The molecule has 0 radical (unpaired) electrons. The lowest BCUT2D eigenvalue weighted by Crippen LogP contribution is -2.14. The molecule has 0 aliphatic carbocycles. The second-order valence-electron chi connectivity index (χ2n) is 3.03. The van der Waals surface area contributed by atoms with E-state index in [0.29, 0.717) is 12.3 Å². The number of carboxylic acids is 1. The number of hydrogen-bond acceptors (Lipinski definition) is 4. The van der Waals surface area contributed by atoms with Gasteiger partial charge in [0.1, 0.15) is 0 Å². The molecular weight excluding hydrogens is 206 g/mol. The number of rotatable bonds is 7. The molecule has 0 aromatic rings. The molecule has 0 unspecified atom stereocenters. The zero-order valence-corrected chi connectivity index (χ0v) is 9.71. The molecule has 0 saturated heterocycles. The van der Waals surface area contributed by atoms with E-state index in [1.807, 2.05) is 0 Å². The van der Waals surface area contributed by atoms with Crippen LogP contribution in [0.2, 0.25) is 0 Å². The largest absolute Gasteiger partial charge is 0.481 e. The molecule has 0 atom stereocenters. The number of nitrogens with two attached hydrogens (primary N) is 1. The lowest BCUT2D eigenvalue weighted by molar-refractivity contribution is -0.136. The molecule has 0 aliphatic heterocycles. The van der Waals surface area contributed by atoms with Crippen molar-refractivity contribution in [3.8, 4) is 0 Å². The van der Waals surface area contributed by atoms with Crippen LogP contribution in [-0.2, 0) is 4.79 Å². The van der Waals surface area contributed by atoms with Crippen LogP contribution in [0.15, 0.2) is 0 Å². The Morgan fingerprint density at radius 1 is 1.38 bits per heavy atom. The smallest absolute Gasteiger partial charge is 0.304 e. The van der Waals surface area contributed by atoms with E-state index in [4.69, 9.17) is 10.8 Å². The average molecular weight is 223 g/mol. The van der Waals surface area contributed by atoms with Crippen molar-refractivity contribution in [3.63, 3.8) is 0 Å². The van der Waals surface area contributed by atoms with E-state index in [-0.39, 0.29) is 10.5 Å². The summed E-state index contributed by atoms with van der Waals surface area (Å²) < 4.78 is 0.0782. The molecule has 0 heterocycles. The molecule has 0 bridgehead atoms. The number of carboxylic acid groups (broad SMARTS) is 1. The zero-order valence-electron chi connectivity index (χ0n) is 8.08. The minimum atomic E-state index is -0.730. The van der Waals surface area contributed by atoms with Gasteiger partial charge in [-0.3, -0.25) is 4.79 Å². The Balaban J connectivity index is 3.56. The van der Waals surface area contributed by atoms with Crippen LogP contribution in [0.4, 0.5) is 0 Å². The quantitative estimate of drug-likeness (QED) is 0.642. The summed E-state index contributed by atoms with van der Waals surface area (Å²) in [5, 5.41) is 8.45. The minimum Gasteiger partial charge on any atom is -0.481 e. The fourth-order valence-electron chi connectivity index (χ4n) is 0.731. The van der Waals surface area contributed by atoms with Gasteiger partial charge in [-0.05, 0) is 13.8 Å². The highest BCUT2D eigenvalue weighted by Gasteiger charge is 2.18. The van der Waals surface area contributed by atoms with Gasteiger partial charge >= 0.3 is 5.97 Å². The summed E-state index contributed by atoms with van der Waals surface area (Å²) in [5.74, 6) is 0.861. The van der Waals surface area contributed by atoms with Gasteiger partial charge in [0.05, 0.1) is 10.5 Å². The topological polar surface area (TPSA) is 63.3 Å². The number of thioether (sulfide) groups is 2. The fraction of sp³-hybridized carbons (Fsp3) is 0.875. The number of aliphatic carboxylic acids is 1. The molecule has 0 aliphatic rings. The highest BCUT2D eigenvalue weighted by atomic mass is 32.2. The molecule has 0 saturated carbocycles. The van der Waals surface area contributed by atoms with Crippen molar-refractivity contribution in [3.05, 3.63) is 0 Å². The first-order valence-electron chi connectivity index (χ1n) is 4.18. The maximum atomic E-state index is 10.3. The first kappa shape index (κ1) is 13.1. The second-order valence-corrected chi connectivity index (χ2v) is 6.72. The van der Waals surface area contributed by atoms with E-state index < -0.39 is 5.97 Å². The molecule has 0 fully saturated rings. The van der Waals surface area contributed by atoms with Crippen LogP contribution < -0.4 is 5.73 Å². The summed E-state index contributed by atoms with van der Waals surface area (Å²) in [6.45, 7) is 4.87. The molecule has 13 heavy (non-hydrogen) atoms. The van der Waals surface area contributed by atoms with Gasteiger partial charge in [-0.1, -0.05) is 0 Å². The van der Waals surface area contributed by atoms with E-state index >= 15 is 0 Å².